The van der Waals surface area contributed by atoms with Gasteiger partial charge in [-0.15, -0.1) is 10.2 Å². The number of hydrogen-bond donors (Lipinski definition) is 1. The molecule has 0 fully saturated rings. The van der Waals surface area contributed by atoms with E-state index in [1.807, 2.05) is 31.2 Å². The monoisotopic (exact) mass is 348 g/mol. The van der Waals surface area contributed by atoms with E-state index in [1.54, 1.807) is 24.2 Å². The summed E-state index contributed by atoms with van der Waals surface area (Å²) in [4.78, 5) is 4.37. The first-order valence-electron chi connectivity index (χ1n) is 7.14. The quantitative estimate of drug-likeness (QED) is 0.620. The van der Waals surface area contributed by atoms with Gasteiger partial charge in [-0.25, -0.2) is 0 Å². The topological polar surface area (TPSA) is 73.1 Å². The highest BCUT2D eigenvalue weighted by Gasteiger charge is 2.06. The Hall–Kier alpha value is -2.06. The Morgan fingerprint density at radius 2 is 2.26 bits per heavy atom. The maximum absolute atomic E-state index is 5.38. The van der Waals surface area contributed by atoms with Gasteiger partial charge in [0, 0.05) is 5.75 Å². The molecule has 0 radical (unpaired) electrons. The molecule has 3 rings (SSSR count). The summed E-state index contributed by atoms with van der Waals surface area (Å²) < 4.78 is 11.5. The second-order valence-electron chi connectivity index (χ2n) is 4.51. The van der Waals surface area contributed by atoms with Crippen LogP contribution in [0.1, 0.15) is 18.4 Å². The lowest BCUT2D eigenvalue weighted by Crippen LogP contribution is -1.96. The molecule has 120 valence electrons. The Kier molecular flexibility index (Phi) is 5.49. The van der Waals surface area contributed by atoms with Crippen molar-refractivity contribution in [3.05, 3.63) is 48.2 Å². The number of hydrogen-bond acceptors (Lipinski definition) is 8. The van der Waals surface area contributed by atoms with Crippen molar-refractivity contribution >= 4 is 28.2 Å². The average molecular weight is 348 g/mol. The molecule has 3 heterocycles. The van der Waals surface area contributed by atoms with Gasteiger partial charge in [-0.1, -0.05) is 23.1 Å². The predicted octanol–water partition coefficient (Wildman–Crippen LogP) is 3.83. The van der Waals surface area contributed by atoms with Crippen molar-refractivity contribution in [2.45, 2.75) is 23.6 Å². The summed E-state index contributed by atoms with van der Waals surface area (Å²) in [7, 11) is 0. The van der Waals surface area contributed by atoms with Crippen molar-refractivity contribution in [3.8, 4) is 5.75 Å². The maximum atomic E-state index is 5.38. The third-order valence-corrected chi connectivity index (χ3v) is 4.90. The largest absolute Gasteiger partial charge is 0.492 e. The molecule has 3 aromatic rings. The summed E-state index contributed by atoms with van der Waals surface area (Å²) in [6.45, 7) is 3.21. The summed E-state index contributed by atoms with van der Waals surface area (Å²) in [5, 5.41) is 12.3. The van der Waals surface area contributed by atoms with Gasteiger partial charge in [-0.05, 0) is 31.2 Å². The highest BCUT2D eigenvalue weighted by Crippen LogP contribution is 2.28. The number of anilines is 1. The fourth-order valence-electron chi connectivity index (χ4n) is 1.80. The van der Waals surface area contributed by atoms with Crippen LogP contribution in [0.3, 0.4) is 0 Å². The SMILES string of the molecule is CCOc1ccc(CSc2nnc(NCc3ccco3)s2)nc1. The second-order valence-corrected chi connectivity index (χ2v) is 6.71. The van der Waals surface area contributed by atoms with Crippen LogP contribution in [-0.2, 0) is 12.3 Å². The van der Waals surface area contributed by atoms with Crippen LogP contribution in [0.5, 0.6) is 5.75 Å². The van der Waals surface area contributed by atoms with Crippen LogP contribution in [0.4, 0.5) is 5.13 Å². The Balaban J connectivity index is 1.48. The molecule has 0 aromatic carbocycles. The van der Waals surface area contributed by atoms with E-state index in [0.717, 1.165) is 32.4 Å². The van der Waals surface area contributed by atoms with Crippen molar-refractivity contribution < 1.29 is 9.15 Å². The molecule has 0 unspecified atom stereocenters. The highest BCUT2D eigenvalue weighted by atomic mass is 32.2. The molecule has 0 bridgehead atoms. The summed E-state index contributed by atoms with van der Waals surface area (Å²) in [6, 6.07) is 7.68. The minimum atomic E-state index is 0.604. The van der Waals surface area contributed by atoms with Gasteiger partial charge in [0.1, 0.15) is 11.5 Å². The van der Waals surface area contributed by atoms with Gasteiger partial charge < -0.3 is 14.5 Å². The van der Waals surface area contributed by atoms with E-state index in [-0.39, 0.29) is 0 Å². The molecule has 8 heteroatoms. The summed E-state index contributed by atoms with van der Waals surface area (Å²) in [6.07, 6.45) is 3.40. The Bertz CT molecular complexity index is 713. The highest BCUT2D eigenvalue weighted by molar-refractivity contribution is 8.00. The maximum Gasteiger partial charge on any atom is 0.206 e. The van der Waals surface area contributed by atoms with E-state index in [4.69, 9.17) is 9.15 Å². The van der Waals surface area contributed by atoms with E-state index < -0.39 is 0 Å². The van der Waals surface area contributed by atoms with Crippen LogP contribution in [0.25, 0.3) is 0 Å². The zero-order valence-electron chi connectivity index (χ0n) is 12.6. The molecule has 0 saturated heterocycles. The number of nitrogens with one attached hydrogen (secondary N) is 1. The number of furan rings is 1. The molecule has 1 N–H and O–H groups in total. The summed E-state index contributed by atoms with van der Waals surface area (Å²) in [5.74, 6) is 2.41. The zero-order chi connectivity index (χ0) is 15.9. The predicted molar refractivity (Wildman–Crippen MR) is 90.9 cm³/mol. The van der Waals surface area contributed by atoms with Crippen molar-refractivity contribution in [1.29, 1.82) is 0 Å². The van der Waals surface area contributed by atoms with Gasteiger partial charge in [0.2, 0.25) is 5.13 Å². The van der Waals surface area contributed by atoms with Gasteiger partial charge >= 0.3 is 0 Å². The zero-order valence-corrected chi connectivity index (χ0v) is 14.2. The van der Waals surface area contributed by atoms with E-state index in [9.17, 15) is 0 Å². The lowest BCUT2D eigenvalue weighted by Gasteiger charge is -2.03. The van der Waals surface area contributed by atoms with E-state index >= 15 is 0 Å². The molecule has 0 amide bonds. The first kappa shape index (κ1) is 15.8. The number of rotatable bonds is 8. The molecule has 3 aromatic heterocycles. The van der Waals surface area contributed by atoms with Crippen LogP contribution in [0.2, 0.25) is 0 Å². The molecule has 6 nitrogen and oxygen atoms in total. The smallest absolute Gasteiger partial charge is 0.206 e. The lowest BCUT2D eigenvalue weighted by atomic mass is 10.4. The van der Waals surface area contributed by atoms with Crippen molar-refractivity contribution in [2.75, 3.05) is 11.9 Å². The molecule has 0 saturated carbocycles. The number of aromatic nitrogens is 3. The Morgan fingerprint density at radius 1 is 1.30 bits per heavy atom. The standard InChI is InChI=1S/C15H16N4O2S2/c1-2-20-13-6-5-11(16-8-13)10-22-15-19-18-14(23-15)17-9-12-4-3-7-21-12/h3-8H,2,9-10H2,1H3,(H,17,18). The molecule has 0 aliphatic heterocycles. The molecule has 0 aliphatic rings. The van der Waals surface area contributed by atoms with Crippen LogP contribution < -0.4 is 10.1 Å². The van der Waals surface area contributed by atoms with E-state index in [2.05, 4.69) is 20.5 Å². The number of thioether (sulfide) groups is 1. The fraction of sp³-hybridized carbons (Fsp3) is 0.267. The van der Waals surface area contributed by atoms with Gasteiger partial charge in [-0.2, -0.15) is 0 Å². The van der Waals surface area contributed by atoms with Gasteiger partial charge in [0.05, 0.1) is 31.3 Å². The number of ether oxygens (including phenoxy) is 1. The lowest BCUT2D eigenvalue weighted by molar-refractivity contribution is 0.338. The fourth-order valence-corrected chi connectivity index (χ4v) is 3.46. The third kappa shape index (κ3) is 4.70. The van der Waals surface area contributed by atoms with Crippen molar-refractivity contribution in [2.24, 2.45) is 0 Å². The minimum absolute atomic E-state index is 0.604. The molecule has 0 atom stereocenters. The van der Waals surface area contributed by atoms with Crippen LogP contribution in [-0.4, -0.2) is 21.8 Å². The van der Waals surface area contributed by atoms with Crippen molar-refractivity contribution in [3.63, 3.8) is 0 Å². The van der Waals surface area contributed by atoms with Crippen LogP contribution in [0, 0.1) is 0 Å². The second kappa shape index (κ2) is 7.98. The summed E-state index contributed by atoms with van der Waals surface area (Å²) in [5.41, 5.74) is 0.985. The molecule has 23 heavy (non-hydrogen) atoms. The van der Waals surface area contributed by atoms with Gasteiger partial charge in [0.25, 0.3) is 0 Å². The molecular weight excluding hydrogens is 332 g/mol. The Labute approximate surface area is 142 Å². The first-order chi connectivity index (χ1) is 11.3. The number of pyridine rings is 1. The van der Waals surface area contributed by atoms with Gasteiger partial charge in [0.15, 0.2) is 4.34 Å². The molecule has 0 aliphatic carbocycles. The molecular formula is C15H16N4O2S2. The molecule has 0 spiro atoms. The third-order valence-electron chi connectivity index (χ3n) is 2.85. The van der Waals surface area contributed by atoms with Crippen molar-refractivity contribution in [1.82, 2.24) is 15.2 Å². The van der Waals surface area contributed by atoms with Gasteiger partial charge in [-0.3, -0.25) is 4.98 Å². The minimum Gasteiger partial charge on any atom is -0.492 e. The van der Waals surface area contributed by atoms with E-state index in [0.29, 0.717) is 13.2 Å². The first-order valence-corrected chi connectivity index (χ1v) is 8.94. The normalized spacial score (nSPS) is 10.7. The Morgan fingerprint density at radius 3 is 3.00 bits per heavy atom. The average Bonchev–Trinajstić information content (AvgIpc) is 3.24. The van der Waals surface area contributed by atoms with Crippen LogP contribution in [0.15, 0.2) is 45.5 Å². The number of nitrogens with zero attached hydrogens (tertiary/aromatic N) is 3. The van der Waals surface area contributed by atoms with Crippen LogP contribution >= 0.6 is 23.1 Å². The van der Waals surface area contributed by atoms with E-state index in [1.165, 1.54) is 11.3 Å². The summed E-state index contributed by atoms with van der Waals surface area (Å²) >= 11 is 3.14.